The molecule has 0 spiro atoms. The minimum absolute atomic E-state index is 0. The third-order valence-electron chi connectivity index (χ3n) is 3.13. The van der Waals surface area contributed by atoms with Gasteiger partial charge < -0.3 is 19.8 Å². The predicted octanol–water partition coefficient (Wildman–Crippen LogP) is 0.860. The Morgan fingerprint density at radius 1 is 1.43 bits per heavy atom. The summed E-state index contributed by atoms with van der Waals surface area (Å²) in [5.74, 6) is -0.606. The molecule has 0 radical (unpaired) electrons. The SMILES string of the molecule is Cl.O=C(CC1COCCN1)Nc1ccc2oc(=O)[nH]c2c1. The Morgan fingerprint density at radius 2 is 2.29 bits per heavy atom. The highest BCUT2D eigenvalue weighted by Crippen LogP contribution is 2.16. The van der Waals surface area contributed by atoms with Crippen LogP contribution in [0.1, 0.15) is 6.42 Å². The van der Waals surface area contributed by atoms with Gasteiger partial charge >= 0.3 is 5.76 Å². The van der Waals surface area contributed by atoms with Gasteiger partial charge in [-0.1, -0.05) is 0 Å². The molecule has 1 saturated heterocycles. The van der Waals surface area contributed by atoms with Crippen molar-refractivity contribution in [2.75, 3.05) is 25.1 Å². The standard InChI is InChI=1S/C13H15N3O4.ClH/c17-12(6-9-7-19-4-3-14-9)15-8-1-2-11-10(5-8)16-13(18)20-11;/h1-2,5,9,14H,3-4,6-7H2,(H,15,17)(H,16,18);1H. The van der Waals surface area contributed by atoms with Gasteiger partial charge in [-0.2, -0.15) is 0 Å². The van der Waals surface area contributed by atoms with Crippen molar-refractivity contribution in [2.24, 2.45) is 0 Å². The van der Waals surface area contributed by atoms with Gasteiger partial charge in [0.15, 0.2) is 5.58 Å². The topological polar surface area (TPSA) is 96.4 Å². The summed E-state index contributed by atoms with van der Waals surface area (Å²) >= 11 is 0. The molecule has 7 nitrogen and oxygen atoms in total. The summed E-state index contributed by atoms with van der Waals surface area (Å²) in [5, 5.41) is 6.01. The minimum Gasteiger partial charge on any atom is -0.408 e. The third-order valence-corrected chi connectivity index (χ3v) is 3.13. The third kappa shape index (κ3) is 3.84. The molecule has 1 aromatic carbocycles. The largest absolute Gasteiger partial charge is 0.417 e. The quantitative estimate of drug-likeness (QED) is 0.781. The molecule has 1 fully saturated rings. The van der Waals surface area contributed by atoms with Gasteiger partial charge in [0.25, 0.3) is 0 Å². The second-order valence-electron chi connectivity index (χ2n) is 4.70. The first kappa shape index (κ1) is 15.6. The van der Waals surface area contributed by atoms with Gasteiger partial charge in [0, 0.05) is 24.7 Å². The maximum Gasteiger partial charge on any atom is 0.417 e. The lowest BCUT2D eigenvalue weighted by Crippen LogP contribution is -2.43. The van der Waals surface area contributed by atoms with Crippen LogP contribution in [0, 0.1) is 0 Å². The highest BCUT2D eigenvalue weighted by molar-refractivity contribution is 5.93. The summed E-state index contributed by atoms with van der Waals surface area (Å²) in [6, 6.07) is 5.05. The molecule has 1 aliphatic heterocycles. The number of carbonyl (C=O) groups is 1. The van der Waals surface area contributed by atoms with Crippen molar-refractivity contribution < 1.29 is 13.9 Å². The first-order valence-corrected chi connectivity index (χ1v) is 6.44. The highest BCUT2D eigenvalue weighted by atomic mass is 35.5. The van der Waals surface area contributed by atoms with Crippen molar-refractivity contribution >= 4 is 35.1 Å². The first-order valence-electron chi connectivity index (χ1n) is 6.44. The van der Waals surface area contributed by atoms with E-state index in [-0.39, 0.29) is 24.4 Å². The molecule has 21 heavy (non-hydrogen) atoms. The molecule has 1 aliphatic rings. The molecular weight excluding hydrogens is 298 g/mol. The van der Waals surface area contributed by atoms with Crippen LogP contribution in [0.2, 0.25) is 0 Å². The van der Waals surface area contributed by atoms with Crippen LogP contribution in [0.3, 0.4) is 0 Å². The number of hydrogen-bond acceptors (Lipinski definition) is 5. The second-order valence-corrected chi connectivity index (χ2v) is 4.70. The Hall–Kier alpha value is -1.83. The van der Waals surface area contributed by atoms with Gasteiger partial charge in [0.05, 0.1) is 18.7 Å². The van der Waals surface area contributed by atoms with Crippen LogP contribution in [0.5, 0.6) is 0 Å². The normalized spacial score (nSPS) is 18.2. The number of nitrogens with one attached hydrogen (secondary N) is 3. The van der Waals surface area contributed by atoms with E-state index in [1.54, 1.807) is 18.2 Å². The monoisotopic (exact) mass is 313 g/mol. The first-order chi connectivity index (χ1) is 9.70. The molecule has 0 bridgehead atoms. The Labute approximate surface area is 126 Å². The summed E-state index contributed by atoms with van der Waals surface area (Å²) in [6.45, 7) is 1.99. The predicted molar refractivity (Wildman–Crippen MR) is 79.9 cm³/mol. The van der Waals surface area contributed by atoms with E-state index in [0.29, 0.717) is 36.4 Å². The van der Waals surface area contributed by atoms with Gasteiger partial charge in [-0.15, -0.1) is 12.4 Å². The van der Waals surface area contributed by atoms with Crippen LogP contribution in [0.25, 0.3) is 11.1 Å². The van der Waals surface area contributed by atoms with Crippen molar-refractivity contribution in [3.8, 4) is 0 Å². The lowest BCUT2D eigenvalue weighted by atomic mass is 10.2. The van der Waals surface area contributed by atoms with E-state index in [1.807, 2.05) is 0 Å². The molecule has 2 heterocycles. The minimum atomic E-state index is -0.507. The number of oxazole rings is 1. The van der Waals surface area contributed by atoms with Gasteiger partial charge in [-0.25, -0.2) is 4.79 Å². The Morgan fingerprint density at radius 3 is 3.05 bits per heavy atom. The van der Waals surface area contributed by atoms with Crippen molar-refractivity contribution in [3.63, 3.8) is 0 Å². The number of benzene rings is 1. The van der Waals surface area contributed by atoms with E-state index >= 15 is 0 Å². The van der Waals surface area contributed by atoms with Crippen molar-refractivity contribution in [1.82, 2.24) is 10.3 Å². The van der Waals surface area contributed by atoms with Gasteiger partial charge in [0.1, 0.15) is 0 Å². The van der Waals surface area contributed by atoms with E-state index in [4.69, 9.17) is 9.15 Å². The fraction of sp³-hybridized carbons (Fsp3) is 0.385. The number of aromatic amines is 1. The maximum absolute atomic E-state index is 11.9. The fourth-order valence-corrected chi connectivity index (χ4v) is 2.22. The molecule has 3 rings (SSSR count). The van der Waals surface area contributed by atoms with Gasteiger partial charge in [-0.05, 0) is 18.2 Å². The molecule has 0 aliphatic carbocycles. The number of hydrogen-bond donors (Lipinski definition) is 3. The number of amides is 1. The van der Waals surface area contributed by atoms with Crippen molar-refractivity contribution in [1.29, 1.82) is 0 Å². The number of rotatable bonds is 3. The molecule has 3 N–H and O–H groups in total. The van der Waals surface area contributed by atoms with Crippen molar-refractivity contribution in [2.45, 2.75) is 12.5 Å². The summed E-state index contributed by atoms with van der Waals surface area (Å²) in [6.07, 6.45) is 0.347. The van der Waals surface area contributed by atoms with Crippen LogP contribution < -0.4 is 16.4 Å². The molecular formula is C13H16ClN3O4. The van der Waals surface area contributed by atoms with Crippen molar-refractivity contribution in [3.05, 3.63) is 28.7 Å². The maximum atomic E-state index is 11.9. The molecule has 8 heteroatoms. The average Bonchev–Trinajstić information content (AvgIpc) is 2.79. The van der Waals surface area contributed by atoms with Crippen LogP contribution in [0.4, 0.5) is 5.69 Å². The summed E-state index contributed by atoms with van der Waals surface area (Å²) < 4.78 is 10.2. The highest BCUT2D eigenvalue weighted by Gasteiger charge is 2.17. The van der Waals surface area contributed by atoms with E-state index in [9.17, 15) is 9.59 Å². The van der Waals surface area contributed by atoms with E-state index < -0.39 is 5.76 Å². The smallest absolute Gasteiger partial charge is 0.408 e. The van der Waals surface area contributed by atoms with Gasteiger partial charge in [-0.3, -0.25) is 9.78 Å². The Balaban J connectivity index is 0.00000161. The molecule has 0 saturated carbocycles. The number of anilines is 1. The lowest BCUT2D eigenvalue weighted by Gasteiger charge is -2.23. The fourth-order valence-electron chi connectivity index (χ4n) is 2.22. The Kier molecular flexibility index (Phi) is 5.00. The summed E-state index contributed by atoms with van der Waals surface area (Å²) in [5.41, 5.74) is 1.65. The number of fused-ring (bicyclic) bond motifs is 1. The summed E-state index contributed by atoms with van der Waals surface area (Å²) in [7, 11) is 0. The number of halogens is 1. The molecule has 2 aromatic rings. The average molecular weight is 314 g/mol. The number of ether oxygens (including phenoxy) is 1. The Bertz CT molecular complexity index is 675. The molecule has 1 atom stereocenters. The van der Waals surface area contributed by atoms with Crippen LogP contribution in [0.15, 0.2) is 27.4 Å². The van der Waals surface area contributed by atoms with Gasteiger partial charge in [0.2, 0.25) is 5.91 Å². The zero-order chi connectivity index (χ0) is 13.9. The van der Waals surface area contributed by atoms with Crippen LogP contribution in [-0.2, 0) is 9.53 Å². The molecule has 1 aromatic heterocycles. The molecule has 1 amide bonds. The number of H-pyrrole nitrogens is 1. The zero-order valence-corrected chi connectivity index (χ0v) is 12.0. The van der Waals surface area contributed by atoms with E-state index in [0.717, 1.165) is 6.54 Å². The van der Waals surface area contributed by atoms with E-state index in [2.05, 4.69) is 15.6 Å². The number of aromatic nitrogens is 1. The lowest BCUT2D eigenvalue weighted by molar-refractivity contribution is -0.117. The zero-order valence-electron chi connectivity index (χ0n) is 11.2. The van der Waals surface area contributed by atoms with E-state index in [1.165, 1.54) is 0 Å². The van der Waals surface area contributed by atoms with Crippen LogP contribution >= 0.6 is 12.4 Å². The molecule has 114 valence electrons. The molecule has 1 unspecified atom stereocenters. The number of morpholine rings is 1. The summed E-state index contributed by atoms with van der Waals surface area (Å²) in [4.78, 5) is 25.5. The number of carbonyl (C=O) groups excluding carboxylic acids is 1. The second kappa shape index (κ2) is 6.75. The van der Waals surface area contributed by atoms with Crippen LogP contribution in [-0.4, -0.2) is 36.7 Å².